The minimum atomic E-state index is 0.643. The first-order valence-corrected chi connectivity index (χ1v) is 7.00. The van der Waals surface area contributed by atoms with Crippen molar-refractivity contribution in [3.8, 4) is 6.07 Å². The molecule has 3 nitrogen and oxygen atoms in total. The topological polar surface area (TPSA) is 45.8 Å². The van der Waals surface area contributed by atoms with E-state index in [2.05, 4.69) is 16.7 Å². The summed E-state index contributed by atoms with van der Waals surface area (Å²) in [6.07, 6.45) is 5.90. The van der Waals surface area contributed by atoms with Crippen LogP contribution in [0.1, 0.15) is 21.5 Å². The molecule has 3 aromatic rings. The van der Waals surface area contributed by atoms with Crippen LogP contribution in [-0.2, 0) is 6.54 Å². The first kappa shape index (κ1) is 13.8. The van der Waals surface area contributed by atoms with Gasteiger partial charge in [0.25, 0.3) is 0 Å². The van der Waals surface area contributed by atoms with Gasteiger partial charge in [-0.15, -0.1) is 0 Å². The van der Waals surface area contributed by atoms with Crippen molar-refractivity contribution >= 4 is 23.3 Å². The van der Waals surface area contributed by atoms with Crippen molar-refractivity contribution in [3.63, 3.8) is 0 Å². The van der Waals surface area contributed by atoms with E-state index in [-0.39, 0.29) is 0 Å². The van der Waals surface area contributed by atoms with Gasteiger partial charge in [-0.25, -0.2) is 0 Å². The molecule has 106 valence electrons. The Balaban J connectivity index is 2.15. The summed E-state index contributed by atoms with van der Waals surface area (Å²) < 4.78 is 2.07. The van der Waals surface area contributed by atoms with Gasteiger partial charge < -0.3 is 4.57 Å². The van der Waals surface area contributed by atoms with Crippen LogP contribution in [0.4, 0.5) is 0 Å². The fraction of sp³-hybridized carbons (Fsp3) is 0.0526. The quantitative estimate of drug-likeness (QED) is 0.536. The van der Waals surface area contributed by atoms with E-state index in [1.807, 2.05) is 48.7 Å². The van der Waals surface area contributed by atoms with E-state index >= 15 is 0 Å². The summed E-state index contributed by atoms with van der Waals surface area (Å²) in [6, 6.07) is 18.0. The predicted octanol–water partition coefficient (Wildman–Crippen LogP) is 4.04. The molecule has 0 atom stereocenters. The molecule has 22 heavy (non-hydrogen) atoms. The molecule has 0 radical (unpaired) electrons. The zero-order valence-electron chi connectivity index (χ0n) is 11.9. The SMILES string of the molecule is N#C/C=C/c1cccc2c1c(C=O)cn2Cc1ccccc1. The van der Waals surface area contributed by atoms with Gasteiger partial charge in [0.15, 0.2) is 6.29 Å². The molecule has 0 aliphatic heterocycles. The third-order valence-corrected chi connectivity index (χ3v) is 3.63. The Hall–Kier alpha value is -3.12. The highest BCUT2D eigenvalue weighted by molar-refractivity contribution is 6.02. The van der Waals surface area contributed by atoms with E-state index in [4.69, 9.17) is 5.26 Å². The van der Waals surface area contributed by atoms with Gasteiger partial charge >= 0.3 is 0 Å². The summed E-state index contributed by atoms with van der Waals surface area (Å²) in [5.74, 6) is 0. The minimum Gasteiger partial charge on any atom is -0.342 e. The molecule has 0 amide bonds. The zero-order valence-corrected chi connectivity index (χ0v) is 11.9. The highest BCUT2D eigenvalue weighted by Crippen LogP contribution is 2.26. The Morgan fingerprint density at radius 3 is 2.59 bits per heavy atom. The Labute approximate surface area is 128 Å². The van der Waals surface area contributed by atoms with Gasteiger partial charge in [0.05, 0.1) is 6.07 Å². The largest absolute Gasteiger partial charge is 0.342 e. The Morgan fingerprint density at radius 1 is 1.05 bits per heavy atom. The van der Waals surface area contributed by atoms with Gasteiger partial charge in [0, 0.05) is 35.3 Å². The van der Waals surface area contributed by atoms with Crippen LogP contribution in [0.25, 0.3) is 17.0 Å². The van der Waals surface area contributed by atoms with Crippen molar-refractivity contribution in [2.45, 2.75) is 6.54 Å². The molecular weight excluding hydrogens is 272 g/mol. The molecule has 2 aromatic carbocycles. The fourth-order valence-corrected chi connectivity index (χ4v) is 2.68. The summed E-state index contributed by atoms with van der Waals surface area (Å²) in [5.41, 5.74) is 3.69. The molecule has 0 bridgehead atoms. The summed E-state index contributed by atoms with van der Waals surface area (Å²) >= 11 is 0. The lowest BCUT2D eigenvalue weighted by molar-refractivity contribution is 0.112. The number of carbonyl (C=O) groups excluding carboxylic acids is 1. The van der Waals surface area contributed by atoms with Crippen molar-refractivity contribution in [2.75, 3.05) is 0 Å². The van der Waals surface area contributed by atoms with Crippen molar-refractivity contribution in [1.82, 2.24) is 4.57 Å². The van der Waals surface area contributed by atoms with Crippen LogP contribution in [0.2, 0.25) is 0 Å². The molecule has 0 aliphatic rings. The second-order valence-electron chi connectivity index (χ2n) is 5.02. The molecule has 0 saturated carbocycles. The van der Waals surface area contributed by atoms with Crippen molar-refractivity contribution in [2.24, 2.45) is 0 Å². The van der Waals surface area contributed by atoms with Crippen LogP contribution in [-0.4, -0.2) is 10.9 Å². The Morgan fingerprint density at radius 2 is 1.86 bits per heavy atom. The Kier molecular flexibility index (Phi) is 3.84. The summed E-state index contributed by atoms with van der Waals surface area (Å²) in [5, 5.41) is 9.60. The molecule has 0 aliphatic carbocycles. The normalized spacial score (nSPS) is 10.9. The molecule has 0 N–H and O–H groups in total. The Bertz CT molecular complexity index is 883. The molecule has 3 rings (SSSR count). The molecular formula is C19H14N2O. The standard InChI is InChI=1S/C19H14N2O/c20-11-5-9-16-8-4-10-18-19(16)17(14-22)13-21(18)12-15-6-2-1-3-7-15/h1-10,13-14H,12H2/b9-5+. The van der Waals surface area contributed by atoms with Gasteiger partial charge in [-0.2, -0.15) is 5.26 Å². The van der Waals surface area contributed by atoms with Gasteiger partial charge in [0.1, 0.15) is 0 Å². The number of aldehydes is 1. The highest BCUT2D eigenvalue weighted by atomic mass is 16.1. The van der Waals surface area contributed by atoms with Gasteiger partial charge in [-0.1, -0.05) is 42.5 Å². The van der Waals surface area contributed by atoms with Crippen molar-refractivity contribution < 1.29 is 4.79 Å². The van der Waals surface area contributed by atoms with E-state index in [0.29, 0.717) is 12.1 Å². The molecule has 1 heterocycles. The second-order valence-corrected chi connectivity index (χ2v) is 5.02. The molecule has 0 spiro atoms. The number of carbonyl (C=O) groups is 1. The molecule has 0 unspecified atom stereocenters. The lowest BCUT2D eigenvalue weighted by Gasteiger charge is -2.06. The van der Waals surface area contributed by atoms with E-state index < -0.39 is 0 Å². The molecule has 3 heteroatoms. The summed E-state index contributed by atoms with van der Waals surface area (Å²) in [7, 11) is 0. The number of allylic oxidation sites excluding steroid dienone is 1. The average molecular weight is 286 g/mol. The van der Waals surface area contributed by atoms with E-state index in [1.54, 1.807) is 6.08 Å². The number of fused-ring (bicyclic) bond motifs is 1. The maximum atomic E-state index is 11.4. The van der Waals surface area contributed by atoms with Gasteiger partial charge in [0.2, 0.25) is 0 Å². The third-order valence-electron chi connectivity index (χ3n) is 3.63. The first-order valence-electron chi connectivity index (χ1n) is 7.00. The predicted molar refractivity (Wildman–Crippen MR) is 87.5 cm³/mol. The van der Waals surface area contributed by atoms with Crippen LogP contribution in [0.5, 0.6) is 0 Å². The lowest BCUT2D eigenvalue weighted by atomic mass is 10.1. The lowest BCUT2D eigenvalue weighted by Crippen LogP contribution is -1.97. The first-order chi connectivity index (χ1) is 10.8. The second kappa shape index (κ2) is 6.11. The van der Waals surface area contributed by atoms with Crippen LogP contribution < -0.4 is 0 Å². The van der Waals surface area contributed by atoms with Crippen molar-refractivity contribution in [1.29, 1.82) is 5.26 Å². The van der Waals surface area contributed by atoms with E-state index in [0.717, 1.165) is 22.8 Å². The van der Waals surface area contributed by atoms with Gasteiger partial charge in [-0.3, -0.25) is 4.79 Å². The average Bonchev–Trinajstić information content (AvgIpc) is 2.92. The van der Waals surface area contributed by atoms with Crippen molar-refractivity contribution in [3.05, 3.63) is 77.5 Å². The number of hydrogen-bond acceptors (Lipinski definition) is 2. The monoisotopic (exact) mass is 286 g/mol. The fourth-order valence-electron chi connectivity index (χ4n) is 2.68. The van der Waals surface area contributed by atoms with Crippen LogP contribution >= 0.6 is 0 Å². The third kappa shape index (κ3) is 2.55. The smallest absolute Gasteiger partial charge is 0.152 e. The maximum absolute atomic E-state index is 11.4. The zero-order chi connectivity index (χ0) is 15.4. The van der Waals surface area contributed by atoms with Gasteiger partial charge in [-0.05, 0) is 23.3 Å². The molecule has 1 aromatic heterocycles. The minimum absolute atomic E-state index is 0.643. The number of benzene rings is 2. The summed E-state index contributed by atoms with van der Waals surface area (Å²) in [4.78, 5) is 11.4. The molecule has 0 fully saturated rings. The number of nitrogens with zero attached hydrogens (tertiary/aromatic N) is 2. The summed E-state index contributed by atoms with van der Waals surface area (Å²) in [6.45, 7) is 0.705. The molecule has 0 saturated heterocycles. The van der Waals surface area contributed by atoms with E-state index in [9.17, 15) is 4.79 Å². The number of aromatic nitrogens is 1. The number of rotatable bonds is 4. The van der Waals surface area contributed by atoms with E-state index in [1.165, 1.54) is 11.6 Å². The van der Waals surface area contributed by atoms with Crippen LogP contribution in [0, 0.1) is 11.3 Å². The number of hydrogen-bond donors (Lipinski definition) is 0. The van der Waals surface area contributed by atoms with Crippen LogP contribution in [0.15, 0.2) is 60.8 Å². The maximum Gasteiger partial charge on any atom is 0.152 e. The number of nitriles is 1. The van der Waals surface area contributed by atoms with Crippen LogP contribution in [0.3, 0.4) is 0 Å². The highest BCUT2D eigenvalue weighted by Gasteiger charge is 2.11.